The first-order chi connectivity index (χ1) is 10.1. The summed E-state index contributed by atoms with van der Waals surface area (Å²) < 4.78 is 20.8. The van der Waals surface area contributed by atoms with Gasteiger partial charge in [-0.1, -0.05) is 0 Å². The Hall–Kier alpha value is -1.63. The van der Waals surface area contributed by atoms with Crippen LogP contribution in [0.15, 0.2) is 18.2 Å². The second kappa shape index (κ2) is 9.33. The van der Waals surface area contributed by atoms with Crippen LogP contribution >= 0.6 is 0 Å². The highest BCUT2D eigenvalue weighted by Gasteiger charge is 2.11. The predicted octanol–water partition coefficient (Wildman–Crippen LogP) is 1.30. The van der Waals surface area contributed by atoms with E-state index in [1.54, 1.807) is 25.3 Å². The van der Waals surface area contributed by atoms with Crippen molar-refractivity contribution in [2.75, 3.05) is 34.0 Å². The molecule has 0 bridgehead atoms. The van der Waals surface area contributed by atoms with Crippen LogP contribution in [0, 0.1) is 0 Å². The number of methoxy groups -OCH3 is 2. The van der Waals surface area contributed by atoms with Crippen LogP contribution in [0.4, 0.5) is 0 Å². The number of rotatable bonds is 10. The zero-order chi connectivity index (χ0) is 15.7. The molecule has 0 aromatic heterocycles. The van der Waals surface area contributed by atoms with Crippen molar-refractivity contribution in [1.29, 1.82) is 0 Å². The molecule has 0 radical (unpaired) electrons. The van der Waals surface area contributed by atoms with E-state index in [1.165, 1.54) is 7.11 Å². The molecule has 6 heteroatoms. The Labute approximate surface area is 124 Å². The molecule has 0 saturated heterocycles. The van der Waals surface area contributed by atoms with E-state index in [9.17, 15) is 9.90 Å². The average molecular weight is 298 g/mol. The molecule has 1 aromatic carbocycles. The second-order valence-corrected chi connectivity index (χ2v) is 4.59. The van der Waals surface area contributed by atoms with Crippen LogP contribution in [-0.2, 0) is 9.47 Å². The molecule has 0 saturated carbocycles. The molecule has 1 rings (SSSR count). The number of aliphatic hydroxyl groups is 1. The lowest BCUT2D eigenvalue weighted by Gasteiger charge is -2.17. The van der Waals surface area contributed by atoms with Gasteiger partial charge in [0.15, 0.2) is 6.29 Å². The predicted molar refractivity (Wildman–Crippen MR) is 77.2 cm³/mol. The fourth-order valence-corrected chi connectivity index (χ4v) is 1.66. The molecule has 1 aromatic rings. The molecule has 21 heavy (non-hydrogen) atoms. The molecule has 0 spiro atoms. The Morgan fingerprint density at radius 2 is 2.00 bits per heavy atom. The van der Waals surface area contributed by atoms with Gasteiger partial charge >= 0.3 is 0 Å². The van der Waals surface area contributed by atoms with E-state index in [-0.39, 0.29) is 19.3 Å². The van der Waals surface area contributed by atoms with Gasteiger partial charge in [-0.05, 0) is 19.1 Å². The summed E-state index contributed by atoms with van der Waals surface area (Å²) in [5.74, 6) is 0.948. The smallest absolute Gasteiger partial charge is 0.153 e. The van der Waals surface area contributed by atoms with Gasteiger partial charge in [0.05, 0.1) is 32.0 Å². The highest BCUT2D eigenvalue weighted by molar-refractivity contribution is 5.79. The van der Waals surface area contributed by atoms with Crippen molar-refractivity contribution in [2.45, 2.75) is 19.1 Å². The molecular weight excluding hydrogens is 276 g/mol. The van der Waals surface area contributed by atoms with Gasteiger partial charge in [0.2, 0.25) is 0 Å². The van der Waals surface area contributed by atoms with Crippen LogP contribution in [0.3, 0.4) is 0 Å². The lowest BCUT2D eigenvalue weighted by atomic mass is 10.2. The van der Waals surface area contributed by atoms with Crippen LogP contribution in [0.25, 0.3) is 0 Å². The molecule has 2 unspecified atom stereocenters. The van der Waals surface area contributed by atoms with E-state index < -0.39 is 6.10 Å². The van der Waals surface area contributed by atoms with Crippen molar-refractivity contribution in [3.8, 4) is 11.5 Å². The van der Waals surface area contributed by atoms with Gasteiger partial charge in [-0.15, -0.1) is 0 Å². The first-order valence-corrected chi connectivity index (χ1v) is 6.65. The van der Waals surface area contributed by atoms with E-state index in [0.717, 1.165) is 0 Å². The van der Waals surface area contributed by atoms with E-state index in [2.05, 4.69) is 0 Å². The summed E-state index contributed by atoms with van der Waals surface area (Å²) in [4.78, 5) is 10.9. The molecule has 2 atom stereocenters. The molecule has 6 nitrogen and oxygen atoms in total. The third kappa shape index (κ3) is 6.12. The molecule has 0 aliphatic rings. The Balaban J connectivity index is 2.48. The molecule has 0 amide bonds. The highest BCUT2D eigenvalue weighted by Crippen LogP contribution is 2.23. The van der Waals surface area contributed by atoms with Gasteiger partial charge in [0.25, 0.3) is 0 Å². The Morgan fingerprint density at radius 1 is 1.24 bits per heavy atom. The van der Waals surface area contributed by atoms with Crippen LogP contribution in [0.5, 0.6) is 11.5 Å². The lowest BCUT2D eigenvalue weighted by molar-refractivity contribution is -0.0423. The van der Waals surface area contributed by atoms with Crippen molar-refractivity contribution < 1.29 is 28.8 Å². The number of benzene rings is 1. The van der Waals surface area contributed by atoms with Gasteiger partial charge in [0.1, 0.15) is 24.2 Å². The van der Waals surface area contributed by atoms with E-state index in [1.807, 2.05) is 6.92 Å². The molecule has 1 N–H and O–H groups in total. The SMILES string of the molecule is COCC(C)OCC(O)COc1cc(OC)ccc1C=O. The van der Waals surface area contributed by atoms with Crippen LogP contribution in [-0.4, -0.2) is 57.6 Å². The van der Waals surface area contributed by atoms with E-state index in [0.29, 0.717) is 30.0 Å². The number of carbonyl (C=O) groups excluding carboxylic acids is 1. The summed E-state index contributed by atoms with van der Waals surface area (Å²) in [6.45, 7) is 2.46. The van der Waals surface area contributed by atoms with Crippen molar-refractivity contribution in [3.05, 3.63) is 23.8 Å². The van der Waals surface area contributed by atoms with Crippen LogP contribution < -0.4 is 9.47 Å². The van der Waals surface area contributed by atoms with Crippen molar-refractivity contribution in [2.24, 2.45) is 0 Å². The fourth-order valence-electron chi connectivity index (χ4n) is 1.66. The summed E-state index contributed by atoms with van der Waals surface area (Å²) in [5, 5.41) is 9.81. The summed E-state index contributed by atoms with van der Waals surface area (Å²) in [6.07, 6.45) is -0.208. The Kier molecular flexibility index (Phi) is 7.74. The normalized spacial score (nSPS) is 13.5. The van der Waals surface area contributed by atoms with Gasteiger partial charge in [-0.25, -0.2) is 0 Å². The largest absolute Gasteiger partial charge is 0.497 e. The topological polar surface area (TPSA) is 74.2 Å². The van der Waals surface area contributed by atoms with E-state index >= 15 is 0 Å². The molecule has 0 aliphatic heterocycles. The van der Waals surface area contributed by atoms with Crippen molar-refractivity contribution in [1.82, 2.24) is 0 Å². The molecule has 0 aliphatic carbocycles. The zero-order valence-corrected chi connectivity index (χ0v) is 12.6. The average Bonchev–Trinajstić information content (AvgIpc) is 2.50. The van der Waals surface area contributed by atoms with Crippen LogP contribution in [0.1, 0.15) is 17.3 Å². The summed E-state index contributed by atoms with van der Waals surface area (Å²) in [6, 6.07) is 4.87. The molecule has 0 heterocycles. The minimum Gasteiger partial charge on any atom is -0.497 e. The molecule has 0 fully saturated rings. The maximum atomic E-state index is 10.9. The van der Waals surface area contributed by atoms with Crippen molar-refractivity contribution in [3.63, 3.8) is 0 Å². The Morgan fingerprint density at radius 3 is 2.62 bits per heavy atom. The Bertz CT molecular complexity index is 434. The maximum Gasteiger partial charge on any atom is 0.153 e. The minimum atomic E-state index is -0.796. The van der Waals surface area contributed by atoms with Crippen molar-refractivity contribution >= 4 is 6.29 Å². The second-order valence-electron chi connectivity index (χ2n) is 4.59. The summed E-state index contributed by atoms with van der Waals surface area (Å²) in [7, 11) is 3.11. The number of hydrogen-bond acceptors (Lipinski definition) is 6. The first-order valence-electron chi connectivity index (χ1n) is 6.65. The number of ether oxygens (including phenoxy) is 4. The fraction of sp³-hybridized carbons (Fsp3) is 0.533. The van der Waals surface area contributed by atoms with Gasteiger partial charge in [-0.2, -0.15) is 0 Å². The highest BCUT2D eigenvalue weighted by atomic mass is 16.5. The minimum absolute atomic E-state index is 0.0215. The van der Waals surface area contributed by atoms with Crippen LogP contribution in [0.2, 0.25) is 0 Å². The lowest BCUT2D eigenvalue weighted by Crippen LogP contribution is -2.27. The van der Waals surface area contributed by atoms with Gasteiger partial charge < -0.3 is 24.1 Å². The molecular formula is C15H22O6. The monoisotopic (exact) mass is 298 g/mol. The number of aliphatic hydroxyl groups excluding tert-OH is 1. The van der Waals surface area contributed by atoms with Gasteiger partial charge in [-0.3, -0.25) is 4.79 Å². The third-order valence-electron chi connectivity index (χ3n) is 2.75. The third-order valence-corrected chi connectivity index (χ3v) is 2.75. The maximum absolute atomic E-state index is 10.9. The van der Waals surface area contributed by atoms with Gasteiger partial charge in [0, 0.05) is 13.2 Å². The van der Waals surface area contributed by atoms with E-state index in [4.69, 9.17) is 18.9 Å². The quantitative estimate of drug-likeness (QED) is 0.656. The summed E-state index contributed by atoms with van der Waals surface area (Å²) in [5.41, 5.74) is 0.400. The summed E-state index contributed by atoms with van der Waals surface area (Å²) >= 11 is 0. The zero-order valence-electron chi connectivity index (χ0n) is 12.6. The number of aldehydes is 1. The molecule has 118 valence electrons. The number of hydrogen-bond donors (Lipinski definition) is 1. The standard InChI is InChI=1S/C15H22O6/c1-11(8-18-2)20-9-13(17)10-21-15-6-14(19-3)5-4-12(15)7-16/h4-7,11,13,17H,8-10H2,1-3H3. The number of carbonyl (C=O) groups is 1. The first kappa shape index (κ1) is 17.4.